The van der Waals surface area contributed by atoms with Crippen LogP contribution in [0.25, 0.3) is 0 Å². The molecular formula is C17H28N2O. The lowest BCUT2D eigenvalue weighted by molar-refractivity contribution is -0.123. The molecule has 0 bridgehead atoms. The summed E-state index contributed by atoms with van der Waals surface area (Å²) in [5.41, 5.74) is 2.46. The normalized spacial score (nSPS) is 15.4. The maximum Gasteiger partial charge on any atom is 0.237 e. The Morgan fingerprint density at radius 2 is 1.75 bits per heavy atom. The Balaban J connectivity index is 2.50. The molecule has 2 N–H and O–H groups in total. The SMILES string of the molecule is CCCC(C)NC(=O)C(C)N[C@H](C)c1ccc(C)cc1. The first kappa shape index (κ1) is 16.7. The second kappa shape index (κ2) is 8.05. The molecule has 1 rings (SSSR count). The Morgan fingerprint density at radius 1 is 1.15 bits per heavy atom. The highest BCUT2D eigenvalue weighted by Crippen LogP contribution is 2.13. The van der Waals surface area contributed by atoms with Gasteiger partial charge in [-0.3, -0.25) is 10.1 Å². The highest BCUT2D eigenvalue weighted by Gasteiger charge is 2.17. The Labute approximate surface area is 123 Å². The Morgan fingerprint density at radius 3 is 2.30 bits per heavy atom. The molecule has 2 unspecified atom stereocenters. The van der Waals surface area contributed by atoms with Crippen LogP contribution in [0.5, 0.6) is 0 Å². The molecule has 3 atom stereocenters. The maximum absolute atomic E-state index is 12.1. The number of nitrogens with one attached hydrogen (secondary N) is 2. The largest absolute Gasteiger partial charge is 0.352 e. The van der Waals surface area contributed by atoms with Gasteiger partial charge in [-0.15, -0.1) is 0 Å². The number of benzene rings is 1. The monoisotopic (exact) mass is 276 g/mol. The zero-order chi connectivity index (χ0) is 15.1. The van der Waals surface area contributed by atoms with Crippen molar-refractivity contribution in [2.45, 2.75) is 65.6 Å². The zero-order valence-electron chi connectivity index (χ0n) is 13.4. The van der Waals surface area contributed by atoms with Crippen LogP contribution in [0.2, 0.25) is 0 Å². The van der Waals surface area contributed by atoms with E-state index in [0.717, 1.165) is 12.8 Å². The molecule has 0 aliphatic rings. The van der Waals surface area contributed by atoms with Gasteiger partial charge in [-0.05, 0) is 39.7 Å². The van der Waals surface area contributed by atoms with Crippen molar-refractivity contribution in [1.29, 1.82) is 0 Å². The van der Waals surface area contributed by atoms with Gasteiger partial charge in [0.15, 0.2) is 0 Å². The third kappa shape index (κ3) is 5.33. The highest BCUT2D eigenvalue weighted by atomic mass is 16.2. The van der Waals surface area contributed by atoms with Crippen molar-refractivity contribution in [3.05, 3.63) is 35.4 Å². The van der Waals surface area contributed by atoms with E-state index in [4.69, 9.17) is 0 Å². The minimum atomic E-state index is -0.189. The Kier molecular flexibility index (Phi) is 6.73. The third-order valence-electron chi connectivity index (χ3n) is 3.58. The molecule has 0 aliphatic carbocycles. The van der Waals surface area contributed by atoms with E-state index in [2.05, 4.69) is 62.6 Å². The molecule has 0 saturated carbocycles. The molecule has 112 valence electrons. The van der Waals surface area contributed by atoms with Crippen molar-refractivity contribution < 1.29 is 4.79 Å². The fraction of sp³-hybridized carbons (Fsp3) is 0.588. The average molecular weight is 276 g/mol. The first-order valence-corrected chi connectivity index (χ1v) is 7.57. The summed E-state index contributed by atoms with van der Waals surface area (Å²) < 4.78 is 0. The molecule has 1 amide bonds. The van der Waals surface area contributed by atoms with Crippen LogP contribution in [0.4, 0.5) is 0 Å². The molecule has 0 spiro atoms. The molecule has 3 heteroatoms. The van der Waals surface area contributed by atoms with Crippen molar-refractivity contribution in [3.8, 4) is 0 Å². The quantitative estimate of drug-likeness (QED) is 0.802. The van der Waals surface area contributed by atoms with Gasteiger partial charge in [0.2, 0.25) is 5.91 Å². The summed E-state index contributed by atoms with van der Waals surface area (Å²) in [5, 5.41) is 6.40. The number of carbonyl (C=O) groups is 1. The molecule has 0 aliphatic heterocycles. The van der Waals surface area contributed by atoms with Crippen molar-refractivity contribution >= 4 is 5.91 Å². The van der Waals surface area contributed by atoms with E-state index >= 15 is 0 Å². The van der Waals surface area contributed by atoms with Gasteiger partial charge < -0.3 is 5.32 Å². The molecule has 0 radical (unpaired) electrons. The molecular weight excluding hydrogens is 248 g/mol. The molecule has 3 nitrogen and oxygen atoms in total. The van der Waals surface area contributed by atoms with Gasteiger partial charge in [-0.25, -0.2) is 0 Å². The molecule has 1 aromatic carbocycles. The third-order valence-corrected chi connectivity index (χ3v) is 3.58. The molecule has 20 heavy (non-hydrogen) atoms. The fourth-order valence-electron chi connectivity index (χ4n) is 2.28. The molecule has 0 saturated heterocycles. The first-order valence-electron chi connectivity index (χ1n) is 7.57. The number of aryl methyl sites for hydroxylation is 1. The fourth-order valence-corrected chi connectivity index (χ4v) is 2.28. The van der Waals surface area contributed by atoms with Crippen molar-refractivity contribution in [3.63, 3.8) is 0 Å². The lowest BCUT2D eigenvalue weighted by Gasteiger charge is -2.22. The van der Waals surface area contributed by atoms with Gasteiger partial charge >= 0.3 is 0 Å². The van der Waals surface area contributed by atoms with E-state index in [-0.39, 0.29) is 24.0 Å². The maximum atomic E-state index is 12.1. The van der Waals surface area contributed by atoms with Crippen LogP contribution in [-0.4, -0.2) is 18.0 Å². The summed E-state index contributed by atoms with van der Waals surface area (Å²) in [7, 11) is 0. The van der Waals surface area contributed by atoms with Gasteiger partial charge in [-0.1, -0.05) is 43.2 Å². The van der Waals surface area contributed by atoms with Crippen LogP contribution in [0, 0.1) is 6.92 Å². The van der Waals surface area contributed by atoms with E-state index in [9.17, 15) is 4.79 Å². The van der Waals surface area contributed by atoms with Gasteiger partial charge in [0.05, 0.1) is 6.04 Å². The van der Waals surface area contributed by atoms with Gasteiger partial charge in [-0.2, -0.15) is 0 Å². The van der Waals surface area contributed by atoms with Crippen LogP contribution >= 0.6 is 0 Å². The van der Waals surface area contributed by atoms with Crippen LogP contribution in [-0.2, 0) is 4.79 Å². The van der Waals surface area contributed by atoms with E-state index in [0.29, 0.717) is 0 Å². The number of hydrogen-bond donors (Lipinski definition) is 2. The second-order valence-electron chi connectivity index (χ2n) is 5.72. The van der Waals surface area contributed by atoms with Gasteiger partial charge in [0.25, 0.3) is 0 Å². The van der Waals surface area contributed by atoms with Crippen LogP contribution < -0.4 is 10.6 Å². The van der Waals surface area contributed by atoms with E-state index in [1.165, 1.54) is 11.1 Å². The van der Waals surface area contributed by atoms with Gasteiger partial charge in [0.1, 0.15) is 0 Å². The molecule has 0 fully saturated rings. The molecule has 0 aromatic heterocycles. The van der Waals surface area contributed by atoms with Crippen LogP contribution in [0.15, 0.2) is 24.3 Å². The standard InChI is InChI=1S/C17H28N2O/c1-6-7-13(3)18-17(20)15(5)19-14(4)16-10-8-12(2)9-11-16/h8-11,13-15,19H,6-7H2,1-5H3,(H,18,20)/t13?,14-,15?/m1/s1. The van der Waals surface area contributed by atoms with E-state index in [1.54, 1.807) is 0 Å². The molecule has 1 aromatic rings. The average Bonchev–Trinajstić information content (AvgIpc) is 2.39. The predicted octanol–water partition coefficient (Wildman–Crippen LogP) is 3.34. The predicted molar refractivity (Wildman–Crippen MR) is 84.7 cm³/mol. The number of rotatable bonds is 7. The minimum absolute atomic E-state index is 0.0740. The van der Waals surface area contributed by atoms with Crippen molar-refractivity contribution in [2.75, 3.05) is 0 Å². The summed E-state index contributed by atoms with van der Waals surface area (Å²) in [6, 6.07) is 8.63. The van der Waals surface area contributed by atoms with Gasteiger partial charge in [0, 0.05) is 12.1 Å². The second-order valence-corrected chi connectivity index (χ2v) is 5.72. The van der Waals surface area contributed by atoms with Crippen molar-refractivity contribution in [1.82, 2.24) is 10.6 Å². The number of hydrogen-bond acceptors (Lipinski definition) is 2. The van der Waals surface area contributed by atoms with E-state index in [1.807, 2.05) is 6.92 Å². The summed E-state index contributed by atoms with van der Waals surface area (Å²) in [4.78, 5) is 12.1. The zero-order valence-corrected chi connectivity index (χ0v) is 13.4. The highest BCUT2D eigenvalue weighted by molar-refractivity contribution is 5.81. The summed E-state index contributed by atoms with van der Waals surface area (Å²) in [5.74, 6) is 0.0740. The van der Waals surface area contributed by atoms with E-state index < -0.39 is 0 Å². The summed E-state index contributed by atoms with van der Waals surface area (Å²) in [6.45, 7) is 10.3. The smallest absolute Gasteiger partial charge is 0.237 e. The number of amides is 1. The lowest BCUT2D eigenvalue weighted by atomic mass is 10.1. The summed E-state index contributed by atoms with van der Waals surface area (Å²) >= 11 is 0. The lowest BCUT2D eigenvalue weighted by Crippen LogP contribution is -2.46. The minimum Gasteiger partial charge on any atom is -0.352 e. The van der Waals surface area contributed by atoms with Crippen molar-refractivity contribution in [2.24, 2.45) is 0 Å². The molecule has 0 heterocycles. The first-order chi connectivity index (χ1) is 9.43. The van der Waals surface area contributed by atoms with Crippen LogP contribution in [0.3, 0.4) is 0 Å². The summed E-state index contributed by atoms with van der Waals surface area (Å²) in [6.07, 6.45) is 2.11. The Bertz CT molecular complexity index is 414. The van der Waals surface area contributed by atoms with Crippen LogP contribution in [0.1, 0.15) is 57.7 Å². The topological polar surface area (TPSA) is 41.1 Å². The Hall–Kier alpha value is -1.35. The number of carbonyl (C=O) groups excluding carboxylic acids is 1.